The van der Waals surface area contributed by atoms with Gasteiger partial charge in [0, 0.05) is 5.41 Å². The Bertz CT molecular complexity index is 804. The molecule has 0 bridgehead atoms. The summed E-state index contributed by atoms with van der Waals surface area (Å²) < 4.78 is 30.6. The molecule has 2 rings (SSSR count). The number of hydrogen-bond acceptors (Lipinski definition) is 5. The van der Waals surface area contributed by atoms with Gasteiger partial charge in [0.15, 0.2) is 5.69 Å². The van der Waals surface area contributed by atoms with Gasteiger partial charge in [0.2, 0.25) is 15.7 Å². The highest BCUT2D eigenvalue weighted by molar-refractivity contribution is 7.91. The fraction of sp³-hybridized carbons (Fsp3) is 0.333. The van der Waals surface area contributed by atoms with Gasteiger partial charge in [-0.3, -0.25) is 0 Å². The zero-order valence-electron chi connectivity index (χ0n) is 12.3. The first-order chi connectivity index (χ1) is 9.66. The predicted octanol–water partition coefficient (Wildman–Crippen LogP) is 2.99. The van der Waals surface area contributed by atoms with E-state index in [4.69, 9.17) is 9.68 Å². The van der Waals surface area contributed by atoms with Crippen molar-refractivity contribution in [2.75, 3.05) is 0 Å². The Hall–Kier alpha value is -2.13. The van der Waals surface area contributed by atoms with Crippen LogP contribution in [0.3, 0.4) is 0 Å². The Morgan fingerprint density at radius 3 is 2.24 bits per heavy atom. The number of rotatable bonds is 2. The van der Waals surface area contributed by atoms with Gasteiger partial charge in [-0.2, -0.15) is 5.26 Å². The third-order valence-corrected chi connectivity index (χ3v) is 4.58. The second kappa shape index (κ2) is 5.01. The lowest BCUT2D eigenvalue weighted by Gasteiger charge is -2.11. The van der Waals surface area contributed by atoms with Gasteiger partial charge in [-0.15, -0.1) is 0 Å². The third kappa shape index (κ3) is 2.83. The minimum atomic E-state index is -3.89. The van der Waals surface area contributed by atoms with Crippen molar-refractivity contribution in [2.45, 2.75) is 43.1 Å². The summed E-state index contributed by atoms with van der Waals surface area (Å²) in [5.74, 6) is 0.227. The van der Waals surface area contributed by atoms with E-state index in [0.717, 1.165) is 5.56 Å². The highest BCUT2D eigenvalue weighted by atomic mass is 32.2. The van der Waals surface area contributed by atoms with E-state index in [2.05, 4.69) is 4.98 Å². The largest absolute Gasteiger partial charge is 0.427 e. The summed E-state index contributed by atoms with van der Waals surface area (Å²) in [7, 11) is -3.89. The monoisotopic (exact) mass is 304 g/mol. The van der Waals surface area contributed by atoms with Gasteiger partial charge < -0.3 is 4.42 Å². The first-order valence-corrected chi connectivity index (χ1v) is 7.88. The molecule has 0 aliphatic carbocycles. The summed E-state index contributed by atoms with van der Waals surface area (Å²) in [5.41, 5.74) is 0.259. The number of hydrogen-bond donors (Lipinski definition) is 0. The maximum absolute atomic E-state index is 12.6. The van der Waals surface area contributed by atoms with E-state index in [-0.39, 0.29) is 16.5 Å². The fourth-order valence-electron chi connectivity index (χ4n) is 1.70. The lowest BCUT2D eigenvalue weighted by Crippen LogP contribution is -2.11. The molecule has 1 aromatic heterocycles. The number of nitrogens with zero attached hydrogens (tertiary/aromatic N) is 2. The van der Waals surface area contributed by atoms with Gasteiger partial charge in [-0.1, -0.05) is 38.5 Å². The SMILES string of the molecule is Cc1ccc(S(=O)(=O)c2oc(C(C)(C)C)nc2C#N)cc1. The van der Waals surface area contributed by atoms with Crippen LogP contribution in [0, 0.1) is 18.3 Å². The Labute approximate surface area is 124 Å². The minimum absolute atomic E-state index is 0.0845. The van der Waals surface area contributed by atoms with Crippen molar-refractivity contribution in [1.82, 2.24) is 4.98 Å². The fourth-order valence-corrected chi connectivity index (χ4v) is 2.95. The molecule has 0 saturated heterocycles. The van der Waals surface area contributed by atoms with Crippen LogP contribution in [-0.2, 0) is 15.3 Å². The maximum atomic E-state index is 12.6. The predicted molar refractivity (Wildman–Crippen MR) is 76.5 cm³/mol. The molecular formula is C15H16N2O3S. The first-order valence-electron chi connectivity index (χ1n) is 6.39. The molecule has 0 unspecified atom stereocenters. The van der Waals surface area contributed by atoms with Crippen LogP contribution in [0.2, 0.25) is 0 Å². The highest BCUT2D eigenvalue weighted by Crippen LogP contribution is 2.30. The van der Waals surface area contributed by atoms with Crippen LogP contribution in [0.25, 0.3) is 0 Å². The minimum Gasteiger partial charge on any atom is -0.427 e. The number of sulfone groups is 1. The molecule has 1 heterocycles. The standard InChI is InChI=1S/C15H16N2O3S/c1-10-5-7-11(8-6-10)21(18,19)13-12(9-16)17-14(20-13)15(2,3)4/h5-8H,1-4H3. The number of aromatic nitrogens is 1. The second-order valence-corrected chi connectivity index (χ2v) is 7.68. The Kier molecular flexibility index (Phi) is 3.64. The van der Waals surface area contributed by atoms with Gasteiger partial charge in [0.05, 0.1) is 4.90 Å². The molecular weight excluding hydrogens is 288 g/mol. The van der Waals surface area contributed by atoms with Gasteiger partial charge in [-0.05, 0) is 19.1 Å². The van der Waals surface area contributed by atoms with E-state index in [1.54, 1.807) is 18.2 Å². The molecule has 0 fully saturated rings. The average Bonchev–Trinajstić information content (AvgIpc) is 2.84. The van der Waals surface area contributed by atoms with Crippen molar-refractivity contribution >= 4 is 9.84 Å². The molecule has 0 saturated carbocycles. The number of nitriles is 1. The molecule has 0 N–H and O–H groups in total. The summed E-state index contributed by atoms with van der Waals surface area (Å²) >= 11 is 0. The first kappa shape index (κ1) is 15.3. The molecule has 0 aliphatic rings. The van der Waals surface area contributed by atoms with Crippen LogP contribution in [0.15, 0.2) is 38.7 Å². The molecule has 2 aromatic rings. The summed E-state index contributed by atoms with van der Waals surface area (Å²) in [6.07, 6.45) is 0. The quantitative estimate of drug-likeness (QED) is 0.851. The number of aryl methyl sites for hydroxylation is 1. The molecule has 0 atom stereocenters. The van der Waals surface area contributed by atoms with Crippen molar-refractivity contribution in [3.8, 4) is 6.07 Å². The van der Waals surface area contributed by atoms with Gasteiger partial charge in [-0.25, -0.2) is 13.4 Å². The topological polar surface area (TPSA) is 84.0 Å². The van der Waals surface area contributed by atoms with Crippen molar-refractivity contribution in [1.29, 1.82) is 5.26 Å². The Balaban J connectivity index is 2.63. The highest BCUT2D eigenvalue weighted by Gasteiger charge is 2.31. The normalized spacial score (nSPS) is 12.1. The third-order valence-electron chi connectivity index (χ3n) is 2.92. The molecule has 110 valence electrons. The van der Waals surface area contributed by atoms with E-state index in [9.17, 15) is 8.42 Å². The number of benzene rings is 1. The Morgan fingerprint density at radius 2 is 1.76 bits per heavy atom. The molecule has 5 nitrogen and oxygen atoms in total. The zero-order chi connectivity index (χ0) is 15.8. The smallest absolute Gasteiger partial charge is 0.261 e. The van der Waals surface area contributed by atoms with Crippen LogP contribution < -0.4 is 0 Å². The second-order valence-electron chi connectivity index (χ2n) is 5.83. The molecule has 0 amide bonds. The number of oxazole rings is 1. The van der Waals surface area contributed by atoms with Crippen LogP contribution in [0.1, 0.15) is 37.9 Å². The van der Waals surface area contributed by atoms with Crippen molar-refractivity contribution < 1.29 is 12.8 Å². The summed E-state index contributed by atoms with van der Waals surface area (Å²) in [5, 5.41) is 8.72. The van der Waals surface area contributed by atoms with Gasteiger partial charge in [0.25, 0.3) is 5.09 Å². The van der Waals surface area contributed by atoms with E-state index < -0.39 is 20.3 Å². The summed E-state index contributed by atoms with van der Waals surface area (Å²) in [6.45, 7) is 7.37. The molecule has 0 radical (unpaired) electrons. The zero-order valence-corrected chi connectivity index (χ0v) is 13.2. The lowest BCUT2D eigenvalue weighted by atomic mass is 9.97. The van der Waals surface area contributed by atoms with Gasteiger partial charge >= 0.3 is 0 Å². The molecule has 6 heteroatoms. The van der Waals surface area contributed by atoms with Crippen molar-refractivity contribution in [3.63, 3.8) is 0 Å². The van der Waals surface area contributed by atoms with Crippen LogP contribution in [-0.4, -0.2) is 13.4 Å². The van der Waals surface area contributed by atoms with E-state index in [1.807, 2.05) is 27.7 Å². The summed E-state index contributed by atoms with van der Waals surface area (Å²) in [4.78, 5) is 4.09. The summed E-state index contributed by atoms with van der Waals surface area (Å²) in [6, 6.07) is 8.16. The molecule has 0 spiro atoms. The lowest BCUT2D eigenvalue weighted by molar-refractivity contribution is 0.343. The van der Waals surface area contributed by atoms with E-state index in [1.165, 1.54) is 12.1 Å². The van der Waals surface area contributed by atoms with Gasteiger partial charge in [0.1, 0.15) is 6.07 Å². The van der Waals surface area contributed by atoms with E-state index >= 15 is 0 Å². The Morgan fingerprint density at radius 1 is 1.19 bits per heavy atom. The molecule has 21 heavy (non-hydrogen) atoms. The van der Waals surface area contributed by atoms with Crippen LogP contribution in [0.5, 0.6) is 0 Å². The maximum Gasteiger partial charge on any atom is 0.261 e. The molecule has 0 aliphatic heterocycles. The average molecular weight is 304 g/mol. The van der Waals surface area contributed by atoms with Crippen LogP contribution in [0.4, 0.5) is 0 Å². The van der Waals surface area contributed by atoms with Crippen molar-refractivity contribution in [2.24, 2.45) is 0 Å². The van der Waals surface area contributed by atoms with Crippen molar-refractivity contribution in [3.05, 3.63) is 41.4 Å². The van der Waals surface area contributed by atoms with E-state index in [0.29, 0.717) is 0 Å². The molecule has 1 aromatic carbocycles. The van der Waals surface area contributed by atoms with Crippen LogP contribution >= 0.6 is 0 Å².